The van der Waals surface area contributed by atoms with Crippen LogP contribution >= 0.6 is 0 Å². The molecule has 1 fully saturated rings. The maximum atomic E-state index is 12.2. The second-order valence-electron chi connectivity index (χ2n) is 4.81. The van der Waals surface area contributed by atoms with Crippen molar-refractivity contribution < 1.29 is 9.90 Å². The van der Waals surface area contributed by atoms with Crippen LogP contribution in [0.15, 0.2) is 17.2 Å². The number of hydrogen-bond acceptors (Lipinski definition) is 4. The van der Waals surface area contributed by atoms with Gasteiger partial charge in [-0.15, -0.1) is 0 Å². The van der Waals surface area contributed by atoms with Gasteiger partial charge in [0.15, 0.2) is 5.82 Å². The van der Waals surface area contributed by atoms with Crippen LogP contribution in [0.5, 0.6) is 0 Å². The van der Waals surface area contributed by atoms with E-state index in [1.807, 2.05) is 13.8 Å². The third-order valence-electron chi connectivity index (χ3n) is 2.97. The molecule has 6 nitrogen and oxygen atoms in total. The molecule has 18 heavy (non-hydrogen) atoms. The Kier molecular flexibility index (Phi) is 3.36. The monoisotopic (exact) mass is 251 g/mol. The fourth-order valence-electron chi connectivity index (χ4n) is 1.93. The second-order valence-corrected chi connectivity index (χ2v) is 4.81. The molecule has 6 heteroatoms. The summed E-state index contributed by atoms with van der Waals surface area (Å²) in [4.78, 5) is 28.8. The first kappa shape index (κ1) is 12.6. The Morgan fingerprint density at radius 3 is 2.78 bits per heavy atom. The van der Waals surface area contributed by atoms with E-state index in [1.54, 1.807) is 21.9 Å². The molecule has 0 aromatic carbocycles. The molecular formula is C12H17N3O3. The van der Waals surface area contributed by atoms with Crippen LogP contribution in [0.4, 0.5) is 5.82 Å². The summed E-state index contributed by atoms with van der Waals surface area (Å²) in [6.07, 6.45) is 5.02. The maximum Gasteiger partial charge on any atom is 0.323 e. The van der Waals surface area contributed by atoms with Gasteiger partial charge >= 0.3 is 5.97 Å². The van der Waals surface area contributed by atoms with Crippen molar-refractivity contribution >= 4 is 11.8 Å². The van der Waals surface area contributed by atoms with Gasteiger partial charge in [-0.3, -0.25) is 9.59 Å². The quantitative estimate of drug-likeness (QED) is 0.840. The SMILES string of the molecule is CC(C)n1ccnc(N(CC(=O)O)C2CC2)c1=O. The lowest BCUT2D eigenvalue weighted by Crippen LogP contribution is -2.38. The molecule has 1 aromatic rings. The highest BCUT2D eigenvalue weighted by Crippen LogP contribution is 2.28. The molecule has 0 unspecified atom stereocenters. The van der Waals surface area contributed by atoms with Gasteiger partial charge in [0, 0.05) is 24.5 Å². The number of nitrogens with zero attached hydrogens (tertiary/aromatic N) is 3. The summed E-state index contributed by atoms with van der Waals surface area (Å²) in [6.45, 7) is 3.64. The minimum absolute atomic E-state index is 0.0325. The number of carbonyl (C=O) groups is 1. The zero-order chi connectivity index (χ0) is 13.3. The number of anilines is 1. The van der Waals surface area contributed by atoms with Gasteiger partial charge in [-0.25, -0.2) is 4.98 Å². The summed E-state index contributed by atoms with van der Waals surface area (Å²) in [7, 11) is 0. The van der Waals surface area contributed by atoms with Crippen molar-refractivity contribution in [2.75, 3.05) is 11.4 Å². The van der Waals surface area contributed by atoms with Gasteiger partial charge in [0.2, 0.25) is 0 Å². The van der Waals surface area contributed by atoms with E-state index in [1.165, 1.54) is 0 Å². The molecule has 1 aromatic heterocycles. The minimum atomic E-state index is -0.942. The van der Waals surface area contributed by atoms with Crippen LogP contribution in [0.1, 0.15) is 32.7 Å². The lowest BCUT2D eigenvalue weighted by atomic mass is 10.3. The third kappa shape index (κ3) is 2.52. The fourth-order valence-corrected chi connectivity index (χ4v) is 1.93. The van der Waals surface area contributed by atoms with E-state index in [0.29, 0.717) is 0 Å². The highest BCUT2D eigenvalue weighted by Gasteiger charge is 2.33. The normalized spacial score (nSPS) is 14.8. The molecule has 0 bridgehead atoms. The molecule has 0 aliphatic heterocycles. The van der Waals surface area contributed by atoms with Crippen molar-refractivity contribution in [2.45, 2.75) is 38.8 Å². The Hall–Kier alpha value is -1.85. The van der Waals surface area contributed by atoms with Gasteiger partial charge < -0.3 is 14.6 Å². The summed E-state index contributed by atoms with van der Waals surface area (Å²) < 4.78 is 1.57. The smallest absolute Gasteiger partial charge is 0.323 e. The van der Waals surface area contributed by atoms with Crippen LogP contribution in [0.3, 0.4) is 0 Å². The van der Waals surface area contributed by atoms with Crippen molar-refractivity contribution in [2.24, 2.45) is 0 Å². The highest BCUT2D eigenvalue weighted by molar-refractivity contribution is 5.73. The molecular weight excluding hydrogens is 234 g/mol. The first-order valence-corrected chi connectivity index (χ1v) is 6.06. The zero-order valence-corrected chi connectivity index (χ0v) is 10.5. The van der Waals surface area contributed by atoms with Gasteiger partial charge in [-0.2, -0.15) is 0 Å². The van der Waals surface area contributed by atoms with E-state index in [-0.39, 0.29) is 30.0 Å². The summed E-state index contributed by atoms with van der Waals surface area (Å²) in [5.74, 6) is -0.695. The van der Waals surface area contributed by atoms with E-state index in [9.17, 15) is 9.59 Å². The summed E-state index contributed by atoms with van der Waals surface area (Å²) in [6, 6.07) is 0.175. The number of aliphatic carboxylic acids is 1. The average molecular weight is 251 g/mol. The summed E-state index contributed by atoms with van der Waals surface area (Å²) in [5, 5.41) is 8.91. The van der Waals surface area contributed by atoms with E-state index < -0.39 is 5.97 Å². The average Bonchev–Trinajstić information content (AvgIpc) is 3.09. The Bertz CT molecular complexity index is 506. The fraction of sp³-hybridized carbons (Fsp3) is 0.583. The number of hydrogen-bond donors (Lipinski definition) is 1. The Labute approximate surface area is 105 Å². The Morgan fingerprint density at radius 2 is 2.28 bits per heavy atom. The number of aromatic nitrogens is 2. The lowest BCUT2D eigenvalue weighted by molar-refractivity contribution is -0.135. The molecule has 2 rings (SSSR count). The maximum absolute atomic E-state index is 12.2. The van der Waals surface area contributed by atoms with Gasteiger partial charge in [0.05, 0.1) is 0 Å². The first-order valence-electron chi connectivity index (χ1n) is 6.06. The lowest BCUT2D eigenvalue weighted by Gasteiger charge is -2.21. The number of rotatable bonds is 5. The van der Waals surface area contributed by atoms with Crippen LogP contribution in [-0.2, 0) is 4.79 Å². The largest absolute Gasteiger partial charge is 0.480 e. The van der Waals surface area contributed by atoms with Crippen molar-refractivity contribution in [1.82, 2.24) is 9.55 Å². The standard InChI is InChI=1S/C12H17N3O3/c1-8(2)14-6-5-13-11(12(14)18)15(7-10(16)17)9-3-4-9/h5-6,8-9H,3-4,7H2,1-2H3,(H,16,17). The molecule has 1 N–H and O–H groups in total. The van der Waals surface area contributed by atoms with Gasteiger partial charge in [-0.05, 0) is 26.7 Å². The van der Waals surface area contributed by atoms with Crippen LogP contribution in [0, 0.1) is 0 Å². The molecule has 0 atom stereocenters. The topological polar surface area (TPSA) is 75.4 Å². The van der Waals surface area contributed by atoms with E-state index >= 15 is 0 Å². The molecule has 0 spiro atoms. The van der Waals surface area contributed by atoms with Crippen molar-refractivity contribution in [3.8, 4) is 0 Å². The zero-order valence-electron chi connectivity index (χ0n) is 10.5. The summed E-state index contributed by atoms with van der Waals surface area (Å²) in [5.41, 5.74) is -0.222. The Balaban J connectivity index is 2.38. The highest BCUT2D eigenvalue weighted by atomic mass is 16.4. The second kappa shape index (κ2) is 4.80. The van der Waals surface area contributed by atoms with Gasteiger partial charge in [0.25, 0.3) is 5.56 Å². The van der Waals surface area contributed by atoms with Crippen LogP contribution in [-0.4, -0.2) is 33.2 Å². The predicted molar refractivity (Wildman–Crippen MR) is 66.9 cm³/mol. The predicted octanol–water partition coefficient (Wildman–Crippen LogP) is 0.878. The first-order chi connectivity index (χ1) is 8.50. The molecule has 0 saturated heterocycles. The molecule has 1 aliphatic carbocycles. The minimum Gasteiger partial charge on any atom is -0.480 e. The van der Waals surface area contributed by atoms with E-state index in [0.717, 1.165) is 12.8 Å². The van der Waals surface area contributed by atoms with Crippen molar-refractivity contribution in [3.05, 3.63) is 22.7 Å². The van der Waals surface area contributed by atoms with Crippen LogP contribution < -0.4 is 10.5 Å². The van der Waals surface area contributed by atoms with E-state index in [2.05, 4.69) is 4.98 Å². The molecule has 0 radical (unpaired) electrons. The van der Waals surface area contributed by atoms with Crippen molar-refractivity contribution in [3.63, 3.8) is 0 Å². The van der Waals surface area contributed by atoms with Crippen LogP contribution in [0.2, 0.25) is 0 Å². The summed E-state index contributed by atoms with van der Waals surface area (Å²) >= 11 is 0. The number of carboxylic acids is 1. The molecule has 0 amide bonds. The Morgan fingerprint density at radius 1 is 1.61 bits per heavy atom. The molecule has 98 valence electrons. The van der Waals surface area contributed by atoms with Crippen molar-refractivity contribution in [1.29, 1.82) is 0 Å². The number of carboxylic acid groups (broad SMARTS) is 1. The van der Waals surface area contributed by atoms with Gasteiger partial charge in [0.1, 0.15) is 6.54 Å². The molecule has 1 saturated carbocycles. The van der Waals surface area contributed by atoms with Gasteiger partial charge in [-0.1, -0.05) is 0 Å². The molecule has 1 aliphatic rings. The molecule has 1 heterocycles. The van der Waals surface area contributed by atoms with Crippen LogP contribution in [0.25, 0.3) is 0 Å². The van der Waals surface area contributed by atoms with E-state index in [4.69, 9.17) is 5.11 Å². The third-order valence-corrected chi connectivity index (χ3v) is 2.97.